The molecule has 6 nitrogen and oxygen atoms in total. The van der Waals surface area contributed by atoms with Crippen LogP contribution in [-0.2, 0) is 10.0 Å². The van der Waals surface area contributed by atoms with E-state index in [9.17, 15) is 13.5 Å². The van der Waals surface area contributed by atoms with Crippen LogP contribution in [0.4, 0.5) is 5.82 Å². The van der Waals surface area contributed by atoms with Gasteiger partial charge < -0.3 is 10.0 Å². The van der Waals surface area contributed by atoms with Crippen molar-refractivity contribution < 1.29 is 13.5 Å². The van der Waals surface area contributed by atoms with Crippen LogP contribution in [0.3, 0.4) is 0 Å². The molecule has 3 rings (SSSR count). The quantitative estimate of drug-likeness (QED) is 0.910. The lowest BCUT2D eigenvalue weighted by atomic mass is 10.2. The van der Waals surface area contributed by atoms with Gasteiger partial charge >= 0.3 is 0 Å². The van der Waals surface area contributed by atoms with Crippen LogP contribution >= 0.6 is 0 Å². The molecule has 1 aliphatic rings. The molecule has 1 unspecified atom stereocenters. The van der Waals surface area contributed by atoms with Gasteiger partial charge in [-0.25, -0.2) is 13.4 Å². The third-order valence-electron chi connectivity index (χ3n) is 4.13. The summed E-state index contributed by atoms with van der Waals surface area (Å²) in [6.07, 6.45) is -0.621. The minimum atomic E-state index is -3.44. The lowest BCUT2D eigenvalue weighted by Gasteiger charge is -2.34. The van der Waals surface area contributed by atoms with Crippen molar-refractivity contribution in [1.82, 2.24) is 9.29 Å². The molecule has 7 heteroatoms. The molecule has 1 fully saturated rings. The highest BCUT2D eigenvalue weighted by atomic mass is 32.2. The van der Waals surface area contributed by atoms with E-state index in [1.807, 2.05) is 17.0 Å². The zero-order chi connectivity index (χ0) is 17.2. The molecule has 0 amide bonds. The summed E-state index contributed by atoms with van der Waals surface area (Å²) in [6, 6.07) is 14.0. The summed E-state index contributed by atoms with van der Waals surface area (Å²) in [5, 5.41) is 9.65. The van der Waals surface area contributed by atoms with Crippen LogP contribution in [0.2, 0.25) is 0 Å². The summed E-state index contributed by atoms with van der Waals surface area (Å²) in [4.78, 5) is 6.82. The average molecular weight is 347 g/mol. The standard InChI is InChI=1S/C17H21N3O3S/c1-14(21)16-8-5-9-17(18-16)19-10-12-20(13-11-19)24(22,23)15-6-3-2-4-7-15/h2-9,14,21H,10-13H2,1H3. The molecule has 1 N–H and O–H groups in total. The number of pyridine rings is 1. The molecule has 0 spiro atoms. The van der Waals surface area contributed by atoms with Gasteiger partial charge in [-0.3, -0.25) is 0 Å². The van der Waals surface area contributed by atoms with Crippen LogP contribution in [-0.4, -0.2) is 49.0 Å². The molecule has 0 saturated carbocycles. The molecule has 24 heavy (non-hydrogen) atoms. The van der Waals surface area contributed by atoms with Crippen LogP contribution < -0.4 is 4.90 Å². The number of sulfonamides is 1. The van der Waals surface area contributed by atoms with E-state index in [1.165, 1.54) is 4.31 Å². The Hall–Kier alpha value is -1.96. The topological polar surface area (TPSA) is 73.7 Å². The van der Waals surface area contributed by atoms with E-state index in [1.54, 1.807) is 43.3 Å². The van der Waals surface area contributed by atoms with Gasteiger partial charge in [0.2, 0.25) is 10.0 Å². The fourth-order valence-corrected chi connectivity index (χ4v) is 4.19. The third kappa shape index (κ3) is 3.43. The molecule has 1 aromatic heterocycles. The number of nitrogens with zero attached hydrogens (tertiary/aromatic N) is 3. The molecular formula is C17H21N3O3S. The first-order valence-electron chi connectivity index (χ1n) is 7.93. The van der Waals surface area contributed by atoms with Crippen molar-refractivity contribution in [2.75, 3.05) is 31.1 Å². The smallest absolute Gasteiger partial charge is 0.243 e. The van der Waals surface area contributed by atoms with Crippen LogP contribution in [0, 0.1) is 0 Å². The second-order valence-electron chi connectivity index (χ2n) is 5.80. The van der Waals surface area contributed by atoms with Gasteiger partial charge in [0.25, 0.3) is 0 Å². The Morgan fingerprint density at radius 3 is 2.29 bits per heavy atom. The van der Waals surface area contributed by atoms with Crippen LogP contribution in [0.5, 0.6) is 0 Å². The van der Waals surface area contributed by atoms with Gasteiger partial charge in [0.1, 0.15) is 5.82 Å². The maximum atomic E-state index is 12.6. The fraction of sp³-hybridized carbons (Fsp3) is 0.353. The van der Waals surface area contributed by atoms with Crippen molar-refractivity contribution in [2.45, 2.75) is 17.9 Å². The van der Waals surface area contributed by atoms with Crippen molar-refractivity contribution in [3.05, 3.63) is 54.2 Å². The number of hydrogen-bond donors (Lipinski definition) is 1. The Bertz CT molecular complexity index is 786. The molecule has 1 atom stereocenters. The van der Waals surface area contributed by atoms with Gasteiger partial charge in [0.05, 0.1) is 16.7 Å². The number of hydrogen-bond acceptors (Lipinski definition) is 5. The highest BCUT2D eigenvalue weighted by Gasteiger charge is 2.28. The Labute approximate surface area is 142 Å². The van der Waals surface area contributed by atoms with E-state index in [4.69, 9.17) is 0 Å². The fourth-order valence-electron chi connectivity index (χ4n) is 2.75. The Morgan fingerprint density at radius 1 is 1.00 bits per heavy atom. The molecular weight excluding hydrogens is 326 g/mol. The molecule has 2 heterocycles. The van der Waals surface area contributed by atoms with E-state index in [-0.39, 0.29) is 0 Å². The second-order valence-corrected chi connectivity index (χ2v) is 7.74. The lowest BCUT2D eigenvalue weighted by molar-refractivity contribution is 0.194. The maximum absolute atomic E-state index is 12.6. The number of aromatic nitrogens is 1. The van der Waals surface area contributed by atoms with Crippen molar-refractivity contribution >= 4 is 15.8 Å². The monoisotopic (exact) mass is 347 g/mol. The maximum Gasteiger partial charge on any atom is 0.243 e. The first-order valence-corrected chi connectivity index (χ1v) is 9.37. The Balaban J connectivity index is 1.71. The number of piperazine rings is 1. The molecule has 1 aliphatic heterocycles. The Kier molecular flexibility index (Phi) is 4.84. The summed E-state index contributed by atoms with van der Waals surface area (Å²) >= 11 is 0. The first kappa shape index (κ1) is 16.9. The SMILES string of the molecule is CC(O)c1cccc(N2CCN(S(=O)(=O)c3ccccc3)CC2)n1. The van der Waals surface area contributed by atoms with Crippen molar-refractivity contribution in [3.8, 4) is 0 Å². The predicted molar refractivity (Wildman–Crippen MR) is 92.3 cm³/mol. The normalized spacial score (nSPS) is 17.7. The van der Waals surface area contributed by atoms with Crippen LogP contribution in [0.15, 0.2) is 53.4 Å². The van der Waals surface area contributed by atoms with Crippen LogP contribution in [0.25, 0.3) is 0 Å². The van der Waals surface area contributed by atoms with E-state index in [0.29, 0.717) is 36.8 Å². The number of aliphatic hydroxyl groups is 1. The zero-order valence-corrected chi connectivity index (χ0v) is 14.4. The molecule has 2 aromatic rings. The number of benzene rings is 1. The van der Waals surface area contributed by atoms with E-state index in [2.05, 4.69) is 4.98 Å². The highest BCUT2D eigenvalue weighted by Crippen LogP contribution is 2.21. The van der Waals surface area contributed by atoms with Crippen molar-refractivity contribution in [1.29, 1.82) is 0 Å². The highest BCUT2D eigenvalue weighted by molar-refractivity contribution is 7.89. The molecule has 1 aromatic carbocycles. The Morgan fingerprint density at radius 2 is 1.67 bits per heavy atom. The molecule has 0 bridgehead atoms. The second kappa shape index (κ2) is 6.88. The minimum absolute atomic E-state index is 0.327. The van der Waals surface area contributed by atoms with E-state index in [0.717, 1.165) is 5.82 Å². The largest absolute Gasteiger partial charge is 0.387 e. The number of rotatable bonds is 4. The van der Waals surface area contributed by atoms with Crippen molar-refractivity contribution in [2.24, 2.45) is 0 Å². The number of aliphatic hydroxyl groups excluding tert-OH is 1. The molecule has 0 radical (unpaired) electrons. The van der Waals surface area contributed by atoms with Crippen LogP contribution in [0.1, 0.15) is 18.7 Å². The van der Waals surface area contributed by atoms with E-state index >= 15 is 0 Å². The molecule has 0 aliphatic carbocycles. The molecule has 1 saturated heterocycles. The van der Waals surface area contributed by atoms with Gasteiger partial charge in [-0.15, -0.1) is 0 Å². The zero-order valence-electron chi connectivity index (χ0n) is 13.5. The third-order valence-corrected chi connectivity index (χ3v) is 6.04. The molecule has 128 valence electrons. The van der Waals surface area contributed by atoms with Gasteiger partial charge in [0.15, 0.2) is 0 Å². The number of anilines is 1. The van der Waals surface area contributed by atoms with Crippen molar-refractivity contribution in [3.63, 3.8) is 0 Å². The summed E-state index contributed by atoms with van der Waals surface area (Å²) in [6.45, 7) is 3.65. The predicted octanol–water partition coefficient (Wildman–Crippen LogP) is 1.65. The van der Waals surface area contributed by atoms with Gasteiger partial charge in [0, 0.05) is 26.2 Å². The summed E-state index contributed by atoms with van der Waals surface area (Å²) in [5.74, 6) is 0.769. The van der Waals surface area contributed by atoms with Gasteiger partial charge in [-0.1, -0.05) is 24.3 Å². The summed E-state index contributed by atoms with van der Waals surface area (Å²) < 4.78 is 26.8. The van der Waals surface area contributed by atoms with E-state index < -0.39 is 16.1 Å². The summed E-state index contributed by atoms with van der Waals surface area (Å²) in [5.41, 5.74) is 0.617. The minimum Gasteiger partial charge on any atom is -0.387 e. The first-order chi connectivity index (χ1) is 11.5. The lowest BCUT2D eigenvalue weighted by Crippen LogP contribution is -2.48. The van der Waals surface area contributed by atoms with Gasteiger partial charge in [-0.2, -0.15) is 4.31 Å². The van der Waals surface area contributed by atoms with Gasteiger partial charge in [-0.05, 0) is 31.2 Å². The average Bonchev–Trinajstić information content (AvgIpc) is 2.62. The summed E-state index contributed by atoms with van der Waals surface area (Å²) in [7, 11) is -3.44.